The van der Waals surface area contributed by atoms with Crippen LogP contribution in [0.2, 0.25) is 0 Å². The van der Waals surface area contributed by atoms with Crippen LogP contribution in [0.4, 0.5) is 11.4 Å². The van der Waals surface area contributed by atoms with Crippen LogP contribution in [0.15, 0.2) is 61.2 Å². The molecule has 22 heavy (non-hydrogen) atoms. The molecule has 2 aromatic carbocycles. The van der Waals surface area contributed by atoms with Gasteiger partial charge in [-0.2, -0.15) is 0 Å². The van der Waals surface area contributed by atoms with Gasteiger partial charge in [0.05, 0.1) is 12.2 Å². The molecule has 114 valence electrons. The van der Waals surface area contributed by atoms with Crippen LogP contribution in [-0.4, -0.2) is 19.1 Å². The molecule has 4 heteroatoms. The molecule has 0 heterocycles. The Hall–Kier alpha value is -2.75. The Kier molecular flexibility index (Phi) is 5.60. The van der Waals surface area contributed by atoms with Gasteiger partial charge in [-0.3, -0.25) is 4.79 Å². The first kappa shape index (κ1) is 15.6. The zero-order valence-electron chi connectivity index (χ0n) is 12.6. The maximum atomic E-state index is 12.0. The molecule has 0 aromatic heterocycles. The third-order valence-electron chi connectivity index (χ3n) is 2.98. The maximum Gasteiger partial charge on any atom is 0.243 e. The lowest BCUT2D eigenvalue weighted by Crippen LogP contribution is -2.22. The average molecular weight is 296 g/mol. The molecule has 2 N–H and O–H groups in total. The van der Waals surface area contributed by atoms with Gasteiger partial charge in [0.2, 0.25) is 5.91 Å². The standard InChI is InChI=1S/C18H20N2O2/c1-3-11-22-17-10-5-4-9-16(17)19-13-18(21)20-15-8-6-7-14(2)12-15/h3-10,12,19H,1,11,13H2,2H3,(H,20,21). The van der Waals surface area contributed by atoms with E-state index in [1.165, 1.54) is 0 Å². The fourth-order valence-electron chi connectivity index (χ4n) is 1.99. The zero-order chi connectivity index (χ0) is 15.8. The number of ether oxygens (including phenoxy) is 1. The highest BCUT2D eigenvalue weighted by Crippen LogP contribution is 2.23. The summed E-state index contributed by atoms with van der Waals surface area (Å²) in [5, 5.41) is 5.94. The molecule has 0 spiro atoms. The number of carbonyl (C=O) groups is 1. The molecule has 2 rings (SSSR count). The number of para-hydroxylation sites is 2. The van der Waals surface area contributed by atoms with E-state index in [1.54, 1.807) is 6.08 Å². The lowest BCUT2D eigenvalue weighted by Gasteiger charge is -2.12. The highest BCUT2D eigenvalue weighted by atomic mass is 16.5. The molecule has 0 aliphatic rings. The van der Waals surface area contributed by atoms with E-state index in [9.17, 15) is 4.79 Å². The van der Waals surface area contributed by atoms with Crippen LogP contribution in [0, 0.1) is 6.92 Å². The van der Waals surface area contributed by atoms with Crippen molar-refractivity contribution in [3.05, 3.63) is 66.7 Å². The lowest BCUT2D eigenvalue weighted by molar-refractivity contribution is -0.114. The number of hydrogen-bond acceptors (Lipinski definition) is 3. The highest BCUT2D eigenvalue weighted by Gasteiger charge is 2.06. The molecule has 0 radical (unpaired) electrons. The monoisotopic (exact) mass is 296 g/mol. The summed E-state index contributed by atoms with van der Waals surface area (Å²) in [5.41, 5.74) is 2.68. The van der Waals surface area contributed by atoms with E-state index in [4.69, 9.17) is 4.74 Å². The maximum absolute atomic E-state index is 12.0. The van der Waals surface area contributed by atoms with Crippen molar-refractivity contribution in [3.63, 3.8) is 0 Å². The van der Waals surface area contributed by atoms with Crippen LogP contribution in [0.5, 0.6) is 5.75 Å². The van der Waals surface area contributed by atoms with E-state index in [0.29, 0.717) is 12.4 Å². The molecule has 1 amide bonds. The Labute approximate surface area is 130 Å². The minimum absolute atomic E-state index is 0.107. The van der Waals surface area contributed by atoms with Crippen molar-refractivity contribution >= 4 is 17.3 Å². The van der Waals surface area contributed by atoms with E-state index < -0.39 is 0 Å². The first-order valence-electron chi connectivity index (χ1n) is 7.12. The molecular weight excluding hydrogens is 276 g/mol. The van der Waals surface area contributed by atoms with Crippen molar-refractivity contribution in [1.82, 2.24) is 0 Å². The van der Waals surface area contributed by atoms with Gasteiger partial charge in [-0.1, -0.05) is 36.9 Å². The predicted molar refractivity (Wildman–Crippen MR) is 90.4 cm³/mol. The number of aryl methyl sites for hydroxylation is 1. The number of benzene rings is 2. The van der Waals surface area contributed by atoms with Gasteiger partial charge in [0.25, 0.3) is 0 Å². The second kappa shape index (κ2) is 7.88. The second-order valence-corrected chi connectivity index (χ2v) is 4.87. The summed E-state index contributed by atoms with van der Waals surface area (Å²) >= 11 is 0. The van der Waals surface area contributed by atoms with Gasteiger partial charge < -0.3 is 15.4 Å². The summed E-state index contributed by atoms with van der Waals surface area (Å²) in [4.78, 5) is 12.0. The Balaban J connectivity index is 1.92. The normalized spacial score (nSPS) is 9.86. The van der Waals surface area contributed by atoms with Crippen LogP contribution >= 0.6 is 0 Å². The van der Waals surface area contributed by atoms with Gasteiger partial charge in [0.1, 0.15) is 12.4 Å². The van der Waals surface area contributed by atoms with Crippen molar-refractivity contribution in [2.24, 2.45) is 0 Å². The molecule has 0 fully saturated rings. The summed E-state index contributed by atoms with van der Waals surface area (Å²) in [6, 6.07) is 15.2. The van der Waals surface area contributed by atoms with Gasteiger partial charge in [0.15, 0.2) is 0 Å². The van der Waals surface area contributed by atoms with Crippen LogP contribution in [-0.2, 0) is 4.79 Å². The summed E-state index contributed by atoms with van der Waals surface area (Å²) in [5.74, 6) is 0.592. The average Bonchev–Trinajstić information content (AvgIpc) is 2.51. The Morgan fingerprint density at radius 3 is 2.82 bits per heavy atom. The number of anilines is 2. The molecule has 4 nitrogen and oxygen atoms in total. The van der Waals surface area contributed by atoms with Gasteiger partial charge in [-0.05, 0) is 36.8 Å². The van der Waals surface area contributed by atoms with E-state index in [2.05, 4.69) is 17.2 Å². The van der Waals surface area contributed by atoms with Crippen molar-refractivity contribution in [2.75, 3.05) is 23.8 Å². The van der Waals surface area contributed by atoms with E-state index >= 15 is 0 Å². The lowest BCUT2D eigenvalue weighted by atomic mass is 10.2. The molecule has 0 unspecified atom stereocenters. The van der Waals surface area contributed by atoms with E-state index in [1.807, 2.05) is 55.5 Å². The molecule has 0 saturated heterocycles. The largest absolute Gasteiger partial charge is 0.487 e. The van der Waals surface area contributed by atoms with Crippen molar-refractivity contribution in [1.29, 1.82) is 0 Å². The summed E-state index contributed by atoms with van der Waals surface area (Å²) < 4.78 is 5.54. The fourth-order valence-corrected chi connectivity index (χ4v) is 1.99. The molecule has 2 aromatic rings. The van der Waals surface area contributed by atoms with Crippen LogP contribution in [0.1, 0.15) is 5.56 Å². The first-order valence-corrected chi connectivity index (χ1v) is 7.12. The van der Waals surface area contributed by atoms with Crippen LogP contribution in [0.25, 0.3) is 0 Å². The van der Waals surface area contributed by atoms with E-state index in [0.717, 1.165) is 16.9 Å². The zero-order valence-corrected chi connectivity index (χ0v) is 12.6. The van der Waals surface area contributed by atoms with Crippen LogP contribution < -0.4 is 15.4 Å². The fraction of sp³-hybridized carbons (Fsp3) is 0.167. The predicted octanol–water partition coefficient (Wildman–Crippen LogP) is 3.61. The third kappa shape index (κ3) is 4.66. The smallest absolute Gasteiger partial charge is 0.243 e. The van der Waals surface area contributed by atoms with Gasteiger partial charge in [0, 0.05) is 5.69 Å². The SMILES string of the molecule is C=CCOc1ccccc1NCC(=O)Nc1cccc(C)c1. The summed E-state index contributed by atoms with van der Waals surface area (Å²) in [6.45, 7) is 6.21. The van der Waals surface area contributed by atoms with Gasteiger partial charge >= 0.3 is 0 Å². The van der Waals surface area contributed by atoms with Gasteiger partial charge in [-0.15, -0.1) is 0 Å². The van der Waals surface area contributed by atoms with Crippen molar-refractivity contribution in [3.8, 4) is 5.75 Å². The minimum atomic E-state index is -0.107. The molecular formula is C18H20N2O2. The molecule has 0 aliphatic heterocycles. The number of nitrogens with one attached hydrogen (secondary N) is 2. The quantitative estimate of drug-likeness (QED) is 0.767. The number of amides is 1. The first-order chi connectivity index (χ1) is 10.7. The van der Waals surface area contributed by atoms with Crippen molar-refractivity contribution < 1.29 is 9.53 Å². The van der Waals surface area contributed by atoms with Gasteiger partial charge in [-0.25, -0.2) is 0 Å². The number of hydrogen-bond donors (Lipinski definition) is 2. The number of rotatable bonds is 7. The molecule has 0 bridgehead atoms. The Morgan fingerprint density at radius 1 is 1.23 bits per heavy atom. The topological polar surface area (TPSA) is 50.4 Å². The van der Waals surface area contributed by atoms with Crippen molar-refractivity contribution in [2.45, 2.75) is 6.92 Å². The van der Waals surface area contributed by atoms with E-state index in [-0.39, 0.29) is 12.5 Å². The Morgan fingerprint density at radius 2 is 2.05 bits per heavy atom. The molecule has 0 saturated carbocycles. The number of carbonyl (C=O) groups excluding carboxylic acids is 1. The summed E-state index contributed by atoms with van der Waals surface area (Å²) in [6.07, 6.45) is 1.68. The Bertz CT molecular complexity index is 653. The third-order valence-corrected chi connectivity index (χ3v) is 2.98. The molecule has 0 aliphatic carbocycles. The summed E-state index contributed by atoms with van der Waals surface area (Å²) in [7, 11) is 0. The molecule has 0 atom stereocenters. The second-order valence-electron chi connectivity index (χ2n) is 4.87. The highest BCUT2D eigenvalue weighted by molar-refractivity contribution is 5.94. The van der Waals surface area contributed by atoms with Crippen LogP contribution in [0.3, 0.4) is 0 Å². The minimum Gasteiger partial charge on any atom is -0.487 e.